The molecular formula is C31H26N2O3S. The molecule has 0 fully saturated rings. The van der Waals surface area contributed by atoms with E-state index in [1.165, 1.54) is 4.31 Å². The average molecular weight is 507 g/mol. The summed E-state index contributed by atoms with van der Waals surface area (Å²) < 4.78 is 29.0. The number of fused-ring (bicyclic) bond motifs is 1. The number of nitrogens with one attached hydrogen (secondary N) is 1. The fraction of sp³-hybridized carbons (Fsp3) is 0.0645. The molecule has 0 aliphatic heterocycles. The number of benzene rings is 5. The van der Waals surface area contributed by atoms with Gasteiger partial charge >= 0.3 is 0 Å². The first-order valence-corrected chi connectivity index (χ1v) is 13.4. The summed E-state index contributed by atoms with van der Waals surface area (Å²) in [7, 11) is -3.95. The molecular weight excluding hydrogens is 480 g/mol. The van der Waals surface area contributed by atoms with Crippen molar-refractivity contribution >= 4 is 32.4 Å². The third-order valence-corrected chi connectivity index (χ3v) is 8.01. The lowest BCUT2D eigenvalue weighted by Gasteiger charge is -2.26. The van der Waals surface area contributed by atoms with Crippen LogP contribution in [0.25, 0.3) is 10.8 Å². The minimum absolute atomic E-state index is 0.0890. The second kappa shape index (κ2) is 10.7. The van der Waals surface area contributed by atoms with Gasteiger partial charge in [0.1, 0.15) is 0 Å². The molecule has 5 aromatic carbocycles. The van der Waals surface area contributed by atoms with Gasteiger partial charge in [-0.25, -0.2) is 8.42 Å². The number of nitrogens with zero attached hydrogens (tertiary/aromatic N) is 1. The average Bonchev–Trinajstić information content (AvgIpc) is 2.95. The maximum absolute atomic E-state index is 13.8. The third kappa shape index (κ3) is 5.25. The summed E-state index contributed by atoms with van der Waals surface area (Å²) >= 11 is 0. The van der Waals surface area contributed by atoms with Crippen molar-refractivity contribution in [2.75, 3.05) is 4.31 Å². The zero-order valence-corrected chi connectivity index (χ0v) is 20.9. The molecule has 0 heterocycles. The summed E-state index contributed by atoms with van der Waals surface area (Å²) in [6, 6.07) is 38.5. The Morgan fingerprint density at radius 2 is 1.30 bits per heavy atom. The predicted molar refractivity (Wildman–Crippen MR) is 148 cm³/mol. The van der Waals surface area contributed by atoms with Crippen LogP contribution >= 0.6 is 0 Å². The number of amides is 1. The van der Waals surface area contributed by atoms with E-state index in [-0.39, 0.29) is 22.9 Å². The molecule has 0 saturated carbocycles. The first kappa shape index (κ1) is 24.3. The summed E-state index contributed by atoms with van der Waals surface area (Å²) in [4.78, 5) is 13.6. The number of hydrogen-bond donors (Lipinski definition) is 1. The number of sulfonamides is 1. The number of anilines is 1. The van der Waals surface area contributed by atoms with Gasteiger partial charge in [-0.15, -0.1) is 0 Å². The Labute approximate surface area is 217 Å². The van der Waals surface area contributed by atoms with E-state index in [0.717, 1.165) is 21.9 Å². The maximum Gasteiger partial charge on any atom is 0.264 e. The molecule has 0 aliphatic rings. The first-order chi connectivity index (χ1) is 18.0. The lowest BCUT2D eigenvalue weighted by Crippen LogP contribution is -2.33. The third-order valence-electron chi connectivity index (χ3n) is 6.24. The Hall–Kier alpha value is -4.42. The fourth-order valence-electron chi connectivity index (χ4n) is 4.37. The van der Waals surface area contributed by atoms with Gasteiger partial charge in [0.25, 0.3) is 15.9 Å². The van der Waals surface area contributed by atoms with Gasteiger partial charge in [0.2, 0.25) is 0 Å². The number of carbonyl (C=O) groups is 1. The van der Waals surface area contributed by atoms with Crippen LogP contribution in [-0.4, -0.2) is 14.3 Å². The molecule has 0 atom stereocenters. The van der Waals surface area contributed by atoms with E-state index in [9.17, 15) is 13.2 Å². The highest BCUT2D eigenvalue weighted by atomic mass is 32.2. The van der Waals surface area contributed by atoms with Crippen LogP contribution < -0.4 is 9.62 Å². The van der Waals surface area contributed by atoms with Gasteiger partial charge < -0.3 is 5.32 Å². The van der Waals surface area contributed by atoms with Crippen molar-refractivity contribution in [3.8, 4) is 0 Å². The molecule has 5 aromatic rings. The first-order valence-electron chi connectivity index (χ1n) is 12.0. The van der Waals surface area contributed by atoms with Crippen molar-refractivity contribution in [2.45, 2.75) is 18.0 Å². The molecule has 0 saturated heterocycles. The van der Waals surface area contributed by atoms with E-state index in [0.29, 0.717) is 12.2 Å². The van der Waals surface area contributed by atoms with Crippen LogP contribution in [0.15, 0.2) is 132 Å². The van der Waals surface area contributed by atoms with Gasteiger partial charge in [0, 0.05) is 6.54 Å². The molecule has 0 radical (unpaired) electrons. The highest BCUT2D eigenvalue weighted by molar-refractivity contribution is 7.92. The molecule has 0 aromatic heterocycles. The van der Waals surface area contributed by atoms with Crippen molar-refractivity contribution in [3.63, 3.8) is 0 Å². The Morgan fingerprint density at radius 3 is 2.08 bits per heavy atom. The lowest BCUT2D eigenvalue weighted by molar-refractivity contribution is 0.0951. The standard InChI is InChI=1S/C31H26N2O3S/c34-31(32-22-26-16-11-15-25-14-7-8-19-28(25)26)29-20-9-10-21-30(29)33(23-24-12-3-1-4-13-24)37(35,36)27-17-5-2-6-18-27/h1-21H,22-23H2,(H,32,34). The van der Waals surface area contributed by atoms with E-state index >= 15 is 0 Å². The zero-order valence-electron chi connectivity index (χ0n) is 20.1. The molecule has 5 nitrogen and oxygen atoms in total. The van der Waals surface area contributed by atoms with E-state index in [1.807, 2.05) is 72.8 Å². The van der Waals surface area contributed by atoms with Gasteiger partial charge in [-0.2, -0.15) is 0 Å². The van der Waals surface area contributed by atoms with Crippen molar-refractivity contribution in [1.29, 1.82) is 0 Å². The number of hydrogen-bond acceptors (Lipinski definition) is 3. The normalized spacial score (nSPS) is 11.2. The van der Waals surface area contributed by atoms with Crippen LogP contribution in [0, 0.1) is 0 Å². The van der Waals surface area contributed by atoms with E-state index in [2.05, 4.69) is 5.32 Å². The number of rotatable bonds is 8. The van der Waals surface area contributed by atoms with Crippen LogP contribution in [0.3, 0.4) is 0 Å². The second-order valence-corrected chi connectivity index (χ2v) is 10.5. The minimum Gasteiger partial charge on any atom is -0.348 e. The summed E-state index contributed by atoms with van der Waals surface area (Å²) in [6.07, 6.45) is 0. The topological polar surface area (TPSA) is 66.5 Å². The largest absolute Gasteiger partial charge is 0.348 e. The molecule has 0 spiro atoms. The molecule has 0 aliphatic carbocycles. The van der Waals surface area contributed by atoms with Gasteiger partial charge in [0.05, 0.1) is 22.7 Å². The SMILES string of the molecule is O=C(NCc1cccc2ccccc12)c1ccccc1N(Cc1ccccc1)S(=O)(=O)c1ccccc1. The van der Waals surface area contributed by atoms with E-state index in [4.69, 9.17) is 0 Å². The van der Waals surface area contributed by atoms with Crippen LogP contribution in [0.4, 0.5) is 5.69 Å². The van der Waals surface area contributed by atoms with Crippen LogP contribution in [0.5, 0.6) is 0 Å². The fourth-order valence-corrected chi connectivity index (χ4v) is 5.86. The summed E-state index contributed by atoms with van der Waals surface area (Å²) in [5, 5.41) is 5.16. The Morgan fingerprint density at radius 1 is 0.676 bits per heavy atom. The Balaban J connectivity index is 1.50. The van der Waals surface area contributed by atoms with Crippen LogP contribution in [-0.2, 0) is 23.1 Å². The molecule has 0 bridgehead atoms. The quantitative estimate of drug-likeness (QED) is 0.274. The van der Waals surface area contributed by atoms with Gasteiger partial charge in [-0.3, -0.25) is 9.10 Å². The van der Waals surface area contributed by atoms with Crippen molar-refractivity contribution in [3.05, 3.63) is 144 Å². The predicted octanol–water partition coefficient (Wildman–Crippen LogP) is 6.17. The lowest BCUT2D eigenvalue weighted by atomic mass is 10.0. The highest BCUT2D eigenvalue weighted by Crippen LogP contribution is 2.29. The number of carbonyl (C=O) groups excluding carboxylic acids is 1. The van der Waals surface area contributed by atoms with Crippen molar-refractivity contribution in [1.82, 2.24) is 5.32 Å². The monoisotopic (exact) mass is 506 g/mol. The second-order valence-electron chi connectivity index (χ2n) is 8.65. The molecule has 6 heteroatoms. The van der Waals surface area contributed by atoms with Crippen LogP contribution in [0.1, 0.15) is 21.5 Å². The van der Waals surface area contributed by atoms with Gasteiger partial charge in [-0.05, 0) is 46.2 Å². The minimum atomic E-state index is -3.95. The van der Waals surface area contributed by atoms with Crippen molar-refractivity contribution in [2.24, 2.45) is 0 Å². The number of para-hydroxylation sites is 1. The Kier molecular flexibility index (Phi) is 7.01. The van der Waals surface area contributed by atoms with Crippen molar-refractivity contribution < 1.29 is 13.2 Å². The molecule has 1 amide bonds. The molecule has 1 N–H and O–H groups in total. The molecule has 37 heavy (non-hydrogen) atoms. The summed E-state index contributed by atoms with van der Waals surface area (Å²) in [6.45, 7) is 0.407. The van der Waals surface area contributed by atoms with E-state index in [1.54, 1.807) is 54.6 Å². The smallest absolute Gasteiger partial charge is 0.264 e. The maximum atomic E-state index is 13.8. The molecule has 0 unspecified atom stereocenters. The molecule has 184 valence electrons. The Bertz CT molecular complexity index is 1630. The summed E-state index contributed by atoms with van der Waals surface area (Å²) in [5.41, 5.74) is 2.42. The van der Waals surface area contributed by atoms with Gasteiger partial charge in [-0.1, -0.05) is 103 Å². The zero-order chi connectivity index (χ0) is 25.7. The van der Waals surface area contributed by atoms with Gasteiger partial charge in [0.15, 0.2) is 0 Å². The van der Waals surface area contributed by atoms with Crippen LogP contribution in [0.2, 0.25) is 0 Å². The summed E-state index contributed by atoms with van der Waals surface area (Å²) in [5.74, 6) is -0.343. The highest BCUT2D eigenvalue weighted by Gasteiger charge is 2.28. The van der Waals surface area contributed by atoms with E-state index < -0.39 is 10.0 Å². The molecule has 5 rings (SSSR count).